The van der Waals surface area contributed by atoms with Crippen molar-refractivity contribution in [3.8, 4) is 0 Å². The first-order chi connectivity index (χ1) is 6.90. The molecule has 0 aromatic heterocycles. The smallest absolute Gasteiger partial charge is 0.00140 e. The number of nitrogens with two attached hydrogens (primary N) is 1. The molecule has 1 nitrogen and oxygen atoms in total. The molecule has 2 N–H and O–H groups in total. The molecule has 1 unspecified atom stereocenters. The molecule has 0 saturated carbocycles. The van der Waals surface area contributed by atoms with Crippen molar-refractivity contribution in [2.24, 2.45) is 11.7 Å². The second-order valence-electron chi connectivity index (χ2n) is 3.95. The number of allylic oxidation sites excluding steroid dienone is 1. The standard InChI is InChI=1S/C13H17N/c14-10-11-5-4-8-13(9-11)12-6-2-1-3-7-12/h1-3,6-7,9,11H,4-5,8,10,14H2. The largest absolute Gasteiger partial charge is 0.330 e. The average Bonchev–Trinajstić information content (AvgIpc) is 2.30. The highest BCUT2D eigenvalue weighted by Gasteiger charge is 2.12. The molecule has 1 atom stereocenters. The maximum atomic E-state index is 5.70. The number of hydrogen-bond donors (Lipinski definition) is 1. The molecular weight excluding hydrogens is 170 g/mol. The van der Waals surface area contributed by atoms with E-state index in [0.29, 0.717) is 5.92 Å². The first kappa shape index (κ1) is 9.47. The Morgan fingerprint density at radius 3 is 2.71 bits per heavy atom. The molecule has 2 rings (SSSR count). The van der Waals surface area contributed by atoms with Gasteiger partial charge in [-0.2, -0.15) is 0 Å². The van der Waals surface area contributed by atoms with Crippen LogP contribution in [0.1, 0.15) is 24.8 Å². The van der Waals surface area contributed by atoms with E-state index in [-0.39, 0.29) is 0 Å². The van der Waals surface area contributed by atoms with Crippen molar-refractivity contribution < 1.29 is 0 Å². The van der Waals surface area contributed by atoms with E-state index in [9.17, 15) is 0 Å². The zero-order valence-electron chi connectivity index (χ0n) is 8.45. The van der Waals surface area contributed by atoms with Gasteiger partial charge < -0.3 is 5.73 Å². The van der Waals surface area contributed by atoms with E-state index in [4.69, 9.17) is 5.73 Å². The summed E-state index contributed by atoms with van der Waals surface area (Å²) >= 11 is 0. The predicted octanol–water partition coefficient (Wildman–Crippen LogP) is 2.83. The molecule has 0 saturated heterocycles. The van der Waals surface area contributed by atoms with Crippen molar-refractivity contribution >= 4 is 5.57 Å². The average molecular weight is 187 g/mol. The number of rotatable bonds is 2. The van der Waals surface area contributed by atoms with E-state index in [1.165, 1.54) is 30.4 Å². The van der Waals surface area contributed by atoms with Crippen molar-refractivity contribution in [3.63, 3.8) is 0 Å². The lowest BCUT2D eigenvalue weighted by Gasteiger charge is -2.19. The zero-order valence-corrected chi connectivity index (χ0v) is 8.45. The van der Waals surface area contributed by atoms with Crippen LogP contribution in [0, 0.1) is 5.92 Å². The van der Waals surface area contributed by atoms with Crippen molar-refractivity contribution in [1.29, 1.82) is 0 Å². The molecule has 0 fully saturated rings. The lowest BCUT2D eigenvalue weighted by Crippen LogP contribution is -2.15. The third-order valence-electron chi connectivity index (χ3n) is 2.91. The van der Waals surface area contributed by atoms with Crippen LogP contribution in [0.4, 0.5) is 0 Å². The fourth-order valence-corrected chi connectivity index (χ4v) is 2.08. The highest BCUT2D eigenvalue weighted by atomic mass is 14.5. The Morgan fingerprint density at radius 1 is 1.21 bits per heavy atom. The van der Waals surface area contributed by atoms with E-state index in [1.54, 1.807) is 0 Å². The van der Waals surface area contributed by atoms with Crippen LogP contribution in [-0.4, -0.2) is 6.54 Å². The highest BCUT2D eigenvalue weighted by Crippen LogP contribution is 2.29. The normalized spacial score (nSPS) is 21.8. The van der Waals surface area contributed by atoms with Crippen LogP contribution >= 0.6 is 0 Å². The lowest BCUT2D eigenvalue weighted by atomic mass is 9.87. The molecule has 0 aliphatic heterocycles. The third kappa shape index (κ3) is 2.05. The minimum Gasteiger partial charge on any atom is -0.330 e. The van der Waals surface area contributed by atoms with Gasteiger partial charge in [0.05, 0.1) is 0 Å². The molecule has 0 heterocycles. The van der Waals surface area contributed by atoms with Gasteiger partial charge in [-0.05, 0) is 42.9 Å². The van der Waals surface area contributed by atoms with Gasteiger partial charge in [-0.25, -0.2) is 0 Å². The molecular formula is C13H17N. The third-order valence-corrected chi connectivity index (χ3v) is 2.91. The maximum Gasteiger partial charge on any atom is -0.00140 e. The van der Waals surface area contributed by atoms with Crippen LogP contribution in [0.25, 0.3) is 5.57 Å². The predicted molar refractivity (Wildman–Crippen MR) is 60.8 cm³/mol. The van der Waals surface area contributed by atoms with Gasteiger partial charge in [0.2, 0.25) is 0 Å². The summed E-state index contributed by atoms with van der Waals surface area (Å²) in [6, 6.07) is 10.6. The van der Waals surface area contributed by atoms with Crippen LogP contribution in [0.5, 0.6) is 0 Å². The van der Waals surface area contributed by atoms with Gasteiger partial charge in [0, 0.05) is 0 Å². The molecule has 74 valence electrons. The Balaban J connectivity index is 2.22. The van der Waals surface area contributed by atoms with Crippen LogP contribution in [0.3, 0.4) is 0 Å². The van der Waals surface area contributed by atoms with E-state index < -0.39 is 0 Å². The maximum absolute atomic E-state index is 5.70. The summed E-state index contributed by atoms with van der Waals surface area (Å²) in [6.07, 6.45) is 6.11. The molecule has 1 aliphatic carbocycles. The highest BCUT2D eigenvalue weighted by molar-refractivity contribution is 5.66. The zero-order chi connectivity index (χ0) is 9.80. The molecule has 1 heteroatoms. The van der Waals surface area contributed by atoms with Gasteiger partial charge >= 0.3 is 0 Å². The van der Waals surface area contributed by atoms with Gasteiger partial charge in [0.1, 0.15) is 0 Å². The molecule has 1 aromatic carbocycles. The first-order valence-corrected chi connectivity index (χ1v) is 5.36. The Labute approximate surface area is 85.6 Å². The van der Waals surface area contributed by atoms with Gasteiger partial charge in [-0.3, -0.25) is 0 Å². The van der Waals surface area contributed by atoms with Crippen LogP contribution in [0.2, 0.25) is 0 Å². The molecule has 0 spiro atoms. The van der Waals surface area contributed by atoms with Crippen LogP contribution in [-0.2, 0) is 0 Å². The van der Waals surface area contributed by atoms with E-state index in [0.717, 1.165) is 6.54 Å². The Morgan fingerprint density at radius 2 is 2.00 bits per heavy atom. The summed E-state index contributed by atoms with van der Waals surface area (Å²) in [7, 11) is 0. The molecule has 0 amide bonds. The van der Waals surface area contributed by atoms with Gasteiger partial charge in [-0.1, -0.05) is 36.4 Å². The number of hydrogen-bond acceptors (Lipinski definition) is 1. The summed E-state index contributed by atoms with van der Waals surface area (Å²) in [5, 5.41) is 0. The van der Waals surface area contributed by atoms with Crippen molar-refractivity contribution in [2.75, 3.05) is 6.54 Å². The SMILES string of the molecule is NCC1C=C(c2ccccc2)CCC1. The fourth-order valence-electron chi connectivity index (χ4n) is 2.08. The van der Waals surface area contributed by atoms with Crippen molar-refractivity contribution in [2.45, 2.75) is 19.3 Å². The fraction of sp³-hybridized carbons (Fsp3) is 0.385. The lowest BCUT2D eigenvalue weighted by molar-refractivity contribution is 0.557. The van der Waals surface area contributed by atoms with Gasteiger partial charge in [0.15, 0.2) is 0 Å². The minimum absolute atomic E-state index is 0.596. The summed E-state index contributed by atoms with van der Waals surface area (Å²) in [6.45, 7) is 0.788. The molecule has 1 aliphatic rings. The Bertz CT molecular complexity index is 313. The summed E-state index contributed by atoms with van der Waals surface area (Å²) in [5.74, 6) is 0.596. The quantitative estimate of drug-likeness (QED) is 0.757. The molecule has 0 bridgehead atoms. The summed E-state index contributed by atoms with van der Waals surface area (Å²) in [5.41, 5.74) is 8.54. The molecule has 0 radical (unpaired) electrons. The Kier molecular flexibility index (Phi) is 3.00. The molecule has 14 heavy (non-hydrogen) atoms. The Hall–Kier alpha value is -1.08. The van der Waals surface area contributed by atoms with E-state index >= 15 is 0 Å². The monoisotopic (exact) mass is 187 g/mol. The van der Waals surface area contributed by atoms with Gasteiger partial charge in [0.25, 0.3) is 0 Å². The molecule has 1 aromatic rings. The first-order valence-electron chi connectivity index (χ1n) is 5.36. The summed E-state index contributed by atoms with van der Waals surface area (Å²) < 4.78 is 0. The van der Waals surface area contributed by atoms with Gasteiger partial charge in [-0.15, -0.1) is 0 Å². The van der Waals surface area contributed by atoms with Crippen LogP contribution < -0.4 is 5.73 Å². The van der Waals surface area contributed by atoms with E-state index in [1.807, 2.05) is 0 Å². The topological polar surface area (TPSA) is 26.0 Å². The van der Waals surface area contributed by atoms with Crippen LogP contribution in [0.15, 0.2) is 36.4 Å². The second-order valence-corrected chi connectivity index (χ2v) is 3.95. The number of benzene rings is 1. The summed E-state index contributed by atoms with van der Waals surface area (Å²) in [4.78, 5) is 0. The van der Waals surface area contributed by atoms with Crippen molar-refractivity contribution in [1.82, 2.24) is 0 Å². The second kappa shape index (κ2) is 4.43. The van der Waals surface area contributed by atoms with Crippen molar-refractivity contribution in [3.05, 3.63) is 42.0 Å². The minimum atomic E-state index is 0.596. The van der Waals surface area contributed by atoms with E-state index in [2.05, 4.69) is 36.4 Å².